The number of hydrogen-bond donors (Lipinski definition) is 8. The van der Waals surface area contributed by atoms with E-state index in [2.05, 4.69) is 20.8 Å². The van der Waals surface area contributed by atoms with Crippen LogP contribution in [0.2, 0.25) is 0 Å². The summed E-state index contributed by atoms with van der Waals surface area (Å²) in [6.07, 6.45) is 10.3. The normalized spacial score (nSPS) is 10.4. The molecule has 0 fully saturated rings. The molecular weight excluding hydrogens is 1490 g/mol. The Morgan fingerprint density at radius 1 is 0.237 bits per heavy atom. The van der Waals surface area contributed by atoms with E-state index in [1.54, 1.807) is 27.7 Å². The third-order valence-corrected chi connectivity index (χ3v) is 23.7. The van der Waals surface area contributed by atoms with Crippen molar-refractivity contribution in [3.05, 3.63) is 0 Å². The summed E-state index contributed by atoms with van der Waals surface area (Å²) in [6, 6.07) is 0. The van der Waals surface area contributed by atoms with E-state index in [1.165, 1.54) is 28.4 Å². The SMILES string of the molecule is CCCC[O][Al]([O]CCCC)[O]CCCC.CCCO.CCCO.CCCO.CCCO.CCO.CCO.CCO.CCO.CCO[Si](OCC)(OCC)OCC.CCO[Si](OCC)(OCC)O[Si](OCC)(OCC)O[Si](OCC)(OCC)OCC.CO[Si](OC)(OC)OC.[Ti].[Zr]. The maximum Gasteiger partial charge on any atom is 0.905 e. The van der Waals surface area contributed by atoms with Gasteiger partial charge in [0.1, 0.15) is 0 Å². The summed E-state index contributed by atoms with van der Waals surface area (Å²) >= 11 is -1.83. The van der Waals surface area contributed by atoms with E-state index in [4.69, 9.17) is 131 Å². The van der Waals surface area contributed by atoms with Gasteiger partial charge in [-0.05, 0) is 156 Å². The maximum absolute atomic E-state index is 7.88. The van der Waals surface area contributed by atoms with E-state index >= 15 is 0 Å². The molecule has 0 aliphatic heterocycles. The Hall–Kier alpha value is 2.05. The molecule has 0 atom stereocenters. The fourth-order valence-corrected chi connectivity index (χ4v) is 17.9. The predicted molar refractivity (Wildman–Crippen MR) is 387 cm³/mol. The van der Waals surface area contributed by atoms with Gasteiger partial charge in [0.2, 0.25) is 0 Å². The Morgan fingerprint density at radius 3 is 0.495 bits per heavy atom. The van der Waals surface area contributed by atoms with Gasteiger partial charge in [-0.25, -0.2) is 0 Å². The average molecular weight is 1650 g/mol. The molecule has 0 bridgehead atoms. The molecule has 0 aliphatic rings. The first-order valence-corrected chi connectivity index (χ1v) is 44.1. The smallest absolute Gasteiger partial charge is 0.454 e. The molecule has 0 unspecified atom stereocenters. The molecule has 0 aliphatic carbocycles. The first kappa shape index (κ1) is 132. The van der Waals surface area contributed by atoms with Gasteiger partial charge >= 0.3 is 60.4 Å². The Balaban J connectivity index is -0.0000000723. The standard InChI is InChI=1S/C16H40O10Si3.C8H20O4Si.C4H12O4Si.3C4H9O.4C3H8O.4C2H6O.Al.Ti.Zr/c1-9-17-27(18-10-2,19-11-3)25-29(23-15-7,24-16-8)26-28(20-12-4,21-13-5)22-14-6;1-5-9-13(10-6-2,11-7-3)12-8-4;1-5-9(6-2,7-3)8-4;3*1-2-3-4-5;4*1-2-3-4;4*1-2-3;;;/h9-16H2,1-8H3;5-8H2,1-4H3;1-4H3;3*2-4H2,1H3;4*4H,2-3H2,1H3;4*3H,2H2,1H3;;;/q;;;3*-1;;;;;;;;;+3;;. The molecule has 600 valence electrons. The topological polar surface area (TPSA) is 356 Å². The van der Waals surface area contributed by atoms with Crippen molar-refractivity contribution in [2.24, 2.45) is 0 Å². The molecule has 29 nitrogen and oxygen atoms in total. The number of unbranched alkanes of at least 4 members (excludes halogenated alkanes) is 3. The zero-order valence-corrected chi connectivity index (χ0v) is 76.7. The van der Waals surface area contributed by atoms with Gasteiger partial charge in [-0.2, -0.15) is 0 Å². The van der Waals surface area contributed by atoms with E-state index < -0.39 is 60.4 Å². The molecule has 37 heteroatoms. The third kappa shape index (κ3) is 104. The fraction of sp³-hybridized carbons (Fsp3) is 1.00. The van der Waals surface area contributed by atoms with Crippen LogP contribution in [0.15, 0.2) is 0 Å². The molecule has 0 aromatic rings. The second-order valence-corrected chi connectivity index (χ2v) is 30.1. The number of rotatable bonds is 48. The molecule has 0 radical (unpaired) electrons. The van der Waals surface area contributed by atoms with Gasteiger partial charge < -0.3 is 131 Å². The number of hydrogen-bond acceptors (Lipinski definition) is 29. The summed E-state index contributed by atoms with van der Waals surface area (Å²) in [5.41, 5.74) is 0. The molecule has 8 N–H and O–H groups in total. The van der Waals surface area contributed by atoms with Crippen LogP contribution in [-0.2, 0) is 138 Å². The van der Waals surface area contributed by atoms with Crippen molar-refractivity contribution in [2.75, 3.05) is 180 Å². The minimum atomic E-state index is -3.92. The Kier molecular flexibility index (Phi) is 158. The van der Waals surface area contributed by atoms with Gasteiger partial charge in [0.05, 0.1) is 0 Å². The zero-order chi connectivity index (χ0) is 76.3. The summed E-state index contributed by atoms with van der Waals surface area (Å²) in [5.74, 6) is 0. The van der Waals surface area contributed by atoms with E-state index in [0.29, 0.717) is 92.5 Å². The molecule has 97 heavy (non-hydrogen) atoms. The van der Waals surface area contributed by atoms with Gasteiger partial charge in [0, 0.05) is 228 Å². The van der Waals surface area contributed by atoms with Crippen LogP contribution in [0.25, 0.3) is 0 Å². The third-order valence-electron chi connectivity index (χ3n) is 8.50. The quantitative estimate of drug-likeness (QED) is 0.0208. The molecule has 0 heterocycles. The molecule has 0 aromatic carbocycles. The molecule has 0 aromatic heterocycles. The van der Waals surface area contributed by atoms with Crippen molar-refractivity contribution in [3.63, 3.8) is 0 Å². The van der Waals surface area contributed by atoms with Gasteiger partial charge in [-0.15, -0.1) is 0 Å². The zero-order valence-electron chi connectivity index (χ0n) is 66.6. The molecule has 0 rings (SSSR count). The van der Waals surface area contributed by atoms with Crippen LogP contribution in [0.4, 0.5) is 0 Å². The number of aliphatic hydroxyl groups excluding tert-OH is 8. The van der Waals surface area contributed by atoms with E-state index in [1.807, 2.05) is 111 Å². The minimum absolute atomic E-state index is 0. The molecular formula is C60H155AlO29Si5TiZr. The Bertz CT molecular complexity index is 1070. The van der Waals surface area contributed by atoms with Crippen LogP contribution < -0.4 is 0 Å². The first-order valence-electron chi connectivity index (χ1n) is 34.5. The second-order valence-electron chi connectivity index (χ2n) is 16.8. The van der Waals surface area contributed by atoms with Crippen molar-refractivity contribution < 1.29 is 179 Å². The van der Waals surface area contributed by atoms with Crippen LogP contribution >= 0.6 is 0 Å². The largest absolute Gasteiger partial charge is 0.905 e. The van der Waals surface area contributed by atoms with Gasteiger partial charge in [-0.1, -0.05) is 67.7 Å². The van der Waals surface area contributed by atoms with Gasteiger partial charge in [-0.3, -0.25) is 0 Å². The Labute approximate surface area is 638 Å². The van der Waals surface area contributed by atoms with Crippen LogP contribution in [-0.4, -0.2) is 282 Å². The van der Waals surface area contributed by atoms with Crippen molar-refractivity contribution in [1.29, 1.82) is 0 Å². The van der Waals surface area contributed by atoms with Gasteiger partial charge in [0.25, 0.3) is 0 Å². The van der Waals surface area contributed by atoms with Gasteiger partial charge in [0.15, 0.2) is 0 Å². The Morgan fingerprint density at radius 2 is 0.381 bits per heavy atom. The molecule has 0 spiro atoms. The monoisotopic (exact) mass is 1640 g/mol. The summed E-state index contributed by atoms with van der Waals surface area (Å²) in [4.78, 5) is 0. The van der Waals surface area contributed by atoms with Crippen LogP contribution in [0.3, 0.4) is 0 Å². The van der Waals surface area contributed by atoms with Crippen LogP contribution in [0, 0.1) is 0 Å². The van der Waals surface area contributed by atoms with Crippen molar-refractivity contribution in [2.45, 2.75) is 223 Å². The summed E-state index contributed by atoms with van der Waals surface area (Å²) in [7, 11) is -10.7. The second kappa shape index (κ2) is 116. The first-order chi connectivity index (χ1) is 45.5. The molecule has 0 saturated heterocycles. The summed E-state index contributed by atoms with van der Waals surface area (Å²) < 4.78 is 117. The molecule has 0 amide bonds. The molecule has 0 saturated carbocycles. The van der Waals surface area contributed by atoms with E-state index in [-0.39, 0.29) is 87.6 Å². The summed E-state index contributed by atoms with van der Waals surface area (Å²) in [5, 5.41) is 61.8. The van der Waals surface area contributed by atoms with Crippen molar-refractivity contribution in [3.8, 4) is 0 Å². The maximum atomic E-state index is 7.88. The minimum Gasteiger partial charge on any atom is -0.454 e. The van der Waals surface area contributed by atoms with Crippen LogP contribution in [0.5, 0.6) is 0 Å². The average Bonchev–Trinajstić information content (AvgIpc) is 0.791. The number of aliphatic hydroxyl groups is 8. The van der Waals surface area contributed by atoms with Crippen molar-refractivity contribution in [1.82, 2.24) is 0 Å². The van der Waals surface area contributed by atoms with E-state index in [0.717, 1.165) is 84.0 Å². The van der Waals surface area contributed by atoms with Crippen molar-refractivity contribution >= 4 is 60.4 Å². The van der Waals surface area contributed by atoms with E-state index in [9.17, 15) is 0 Å². The fourth-order valence-electron chi connectivity index (χ4n) is 4.90. The summed E-state index contributed by atoms with van der Waals surface area (Å²) in [6.45, 7) is 52.4. The predicted octanol–water partition coefficient (Wildman–Crippen LogP) is 9.16. The van der Waals surface area contributed by atoms with Crippen LogP contribution in [0.1, 0.15) is 223 Å².